The van der Waals surface area contributed by atoms with Crippen LogP contribution in [0.1, 0.15) is 149 Å². The van der Waals surface area contributed by atoms with Gasteiger partial charge in [0.05, 0.1) is 44.9 Å². The highest BCUT2D eigenvalue weighted by molar-refractivity contribution is 6.02. The van der Waals surface area contributed by atoms with Gasteiger partial charge in [0.15, 0.2) is 5.96 Å². The van der Waals surface area contributed by atoms with Gasteiger partial charge in [-0.3, -0.25) is 106 Å². The number of aliphatic hydroxyl groups excluding tert-OH is 2. The second-order valence-electron chi connectivity index (χ2n) is 36.8. The minimum absolute atomic E-state index is 0.000203. The monoisotopic (exact) mass is 2060 g/mol. The zero-order valence-corrected chi connectivity index (χ0v) is 83.2. The highest BCUT2D eigenvalue weighted by atomic mass is 16.4. The molecule has 53 nitrogen and oxygen atoms in total. The van der Waals surface area contributed by atoms with Crippen molar-refractivity contribution in [2.45, 2.75) is 255 Å². The quantitative estimate of drug-likeness (QED) is 0.0111. The van der Waals surface area contributed by atoms with Gasteiger partial charge < -0.3 is 158 Å². The van der Waals surface area contributed by atoms with Crippen LogP contribution in [0.3, 0.4) is 0 Å². The van der Waals surface area contributed by atoms with Crippen molar-refractivity contribution >= 4 is 130 Å². The summed E-state index contributed by atoms with van der Waals surface area (Å²) in [6.45, 7) is 10.4. The zero-order valence-electron chi connectivity index (χ0n) is 83.2. The fourth-order valence-corrected chi connectivity index (χ4v) is 15.6. The van der Waals surface area contributed by atoms with E-state index in [0.29, 0.717) is 23.1 Å². The summed E-state index contributed by atoms with van der Waals surface area (Å²) in [5.74, 6) is -23.6. The first kappa shape index (κ1) is 120. The number of nitrogens with two attached hydrogens (primary N) is 2. The molecule has 53 heteroatoms. The molecular formula is C94H137N25O28. The van der Waals surface area contributed by atoms with Gasteiger partial charge in [-0.05, 0) is 150 Å². The summed E-state index contributed by atoms with van der Waals surface area (Å²) in [5.41, 5.74) is 12.3. The van der Waals surface area contributed by atoms with Crippen LogP contribution in [0.15, 0.2) is 85.3 Å². The lowest BCUT2D eigenvalue weighted by Gasteiger charge is -2.31. The van der Waals surface area contributed by atoms with Crippen molar-refractivity contribution in [3.05, 3.63) is 108 Å². The lowest BCUT2D eigenvalue weighted by atomic mass is 10.00. The normalized spacial score (nSPS) is 16.3. The third-order valence-corrected chi connectivity index (χ3v) is 23.7. The standard InChI is InChI=1S/C94H137N25O28/c1-46(2)34-62(113-88(141)70-16-12-32-118(70)91(144)51(9)105-82(135)64(36-54-19-25-58(123)26-20-54)111-86(139)67(43-120)108-71(125)39-95)79(132)101-41-72(126)107-63(35-53-17-23-57(122)24-18-53)83(136)112-65(38-56-40-98-45-102-56)84(137)117-76(48(5)6)90(143)110-60(14-11-31-99-94(96)97)80(133)109-61(29-30-74(128)129)81(134)114-66(37-55-21-27-59(124)28-22-55)92(145)119-33-13-15-69(119)87(140)104-49(7)77(130)100-42-73(127)116-75(47(3)4)89(142)115-68(44-121)85(138)103-50(8)78(131)106-52(10)93(146)147/h17-28,40,45-52,60-70,75-76,120-124H,11-16,29-39,41-44,95H2,1-10H3,(H,98,102)(H,100,130)(H,101,132)(H,103,138)(H,104,140)(H,105,135)(H,106,131)(H,107,126)(H,108,125)(H,109,133)(H,110,143)(H,111,139)(H,112,136)(H,113,141)(H,114,134)(H,115,142)(H,116,127)(H,117,137)(H,128,129)(H,146,147)(H4,96,97,99)/t49-,50-,51-,52-,60-,61-,62-,63-,64-,65-,66-,67-,68-,69-,70-,75-,76-/m0/s1. The second-order valence-corrected chi connectivity index (χ2v) is 36.8. The molecule has 0 bridgehead atoms. The maximum Gasteiger partial charge on any atom is 0.325 e. The van der Waals surface area contributed by atoms with E-state index in [1.54, 1.807) is 13.8 Å². The van der Waals surface area contributed by atoms with Crippen molar-refractivity contribution < 1.29 is 136 Å². The Kier molecular flexibility index (Phi) is 48.1. The van der Waals surface area contributed by atoms with Crippen LogP contribution in [-0.4, -0.2) is 341 Å². The minimum atomic E-state index is -1.85. The number of carboxylic acids is 2. The van der Waals surface area contributed by atoms with Crippen molar-refractivity contribution in [3.8, 4) is 17.2 Å². The predicted molar refractivity (Wildman–Crippen MR) is 521 cm³/mol. The number of H-pyrrole nitrogens is 1. The fraction of sp³-hybridized carbons (Fsp3) is 0.543. The van der Waals surface area contributed by atoms with Gasteiger partial charge in [-0.15, -0.1) is 0 Å². The molecule has 4 aromatic rings. The van der Waals surface area contributed by atoms with Gasteiger partial charge in [0.2, 0.25) is 112 Å². The number of phenols is 3. The van der Waals surface area contributed by atoms with E-state index in [1.807, 2.05) is 0 Å². The summed E-state index contributed by atoms with van der Waals surface area (Å²) in [6, 6.07) is -8.92. The summed E-state index contributed by atoms with van der Waals surface area (Å²) in [6.07, 6.45) is 0.101. The van der Waals surface area contributed by atoms with E-state index >= 15 is 4.79 Å². The number of aliphatic hydroxyl groups is 2. The van der Waals surface area contributed by atoms with Crippen molar-refractivity contribution in [1.29, 1.82) is 5.41 Å². The molecule has 6 rings (SSSR count). The molecule has 806 valence electrons. The molecule has 1 aromatic heterocycles. The maximum absolute atomic E-state index is 15.1. The van der Waals surface area contributed by atoms with Crippen LogP contribution in [0.25, 0.3) is 0 Å². The first-order chi connectivity index (χ1) is 69.4. The van der Waals surface area contributed by atoms with E-state index < -0.39 is 297 Å². The Morgan fingerprint density at radius 2 is 0.803 bits per heavy atom. The Labute approximate surface area is 845 Å². The molecule has 17 atom stereocenters. The van der Waals surface area contributed by atoms with Crippen LogP contribution in [-0.2, 0) is 126 Å². The molecule has 3 aromatic carbocycles. The number of aliphatic carboxylic acids is 2. The molecule has 2 aliphatic rings. The number of imidazole rings is 1. The highest BCUT2D eigenvalue weighted by Crippen LogP contribution is 2.25. The zero-order chi connectivity index (χ0) is 109. The first-order valence-electron chi connectivity index (χ1n) is 47.9. The van der Waals surface area contributed by atoms with E-state index in [-0.39, 0.29) is 106 Å². The minimum Gasteiger partial charge on any atom is -0.508 e. The number of nitrogens with zero attached hydrogens (tertiary/aromatic N) is 3. The maximum atomic E-state index is 15.1. The van der Waals surface area contributed by atoms with Crippen LogP contribution in [0.4, 0.5) is 0 Å². The molecule has 31 N–H and O–H groups in total. The number of hydrogen-bond acceptors (Lipinski definition) is 29. The van der Waals surface area contributed by atoms with Crippen molar-refractivity contribution in [3.63, 3.8) is 0 Å². The number of amides is 19. The molecule has 0 aliphatic carbocycles. The predicted octanol–water partition coefficient (Wildman–Crippen LogP) is -8.12. The Morgan fingerprint density at radius 3 is 1.29 bits per heavy atom. The Hall–Kier alpha value is -15.7. The van der Waals surface area contributed by atoms with Gasteiger partial charge in [0.25, 0.3) is 0 Å². The van der Waals surface area contributed by atoms with E-state index in [1.165, 1.54) is 146 Å². The van der Waals surface area contributed by atoms with Gasteiger partial charge in [0, 0.05) is 57.9 Å². The van der Waals surface area contributed by atoms with E-state index in [0.717, 1.165) is 4.90 Å². The number of rotatable bonds is 58. The SMILES string of the molecule is CC(C)C[C@H](NC(=O)[C@@H]1CCCN1C(=O)[C@H](C)NC(=O)[C@H](Cc1ccc(O)cc1)NC(=O)[C@H](CO)NC(=O)CN)C(=O)NCC(=O)N[C@@H](Cc1ccc(O)cc1)C(=O)N[C@@H](Cc1c[nH]cn1)C(=O)N[C@H](C(=O)N[C@@H](CCCNC(=N)N)C(=O)N[C@@H](CCC(=O)O)C(=O)N[C@@H](Cc1ccc(O)cc1)C(=O)N1CCC[C@H]1C(=O)N[C@@H](C)C(=O)NCC(=O)N[C@H](C(=O)N[C@@H](CO)C(=O)N[C@@H](C)C(=O)N[C@@H](C)C(=O)O)C(C)C)C(C)C. The van der Waals surface area contributed by atoms with E-state index in [4.69, 9.17) is 22.0 Å². The molecule has 2 aliphatic heterocycles. The number of phenolic OH excluding ortho intramolecular Hbond substituents is 3. The molecule has 0 spiro atoms. The van der Waals surface area contributed by atoms with Gasteiger partial charge in [0.1, 0.15) is 120 Å². The number of aromatic amines is 1. The second kappa shape index (κ2) is 58.9. The van der Waals surface area contributed by atoms with Crippen LogP contribution in [0.2, 0.25) is 0 Å². The first-order valence-corrected chi connectivity index (χ1v) is 47.9. The summed E-state index contributed by atoms with van der Waals surface area (Å²) >= 11 is 0. The lowest BCUT2D eigenvalue weighted by molar-refractivity contribution is -0.142. The van der Waals surface area contributed by atoms with Crippen molar-refractivity contribution in [1.82, 2.24) is 115 Å². The molecule has 2 fully saturated rings. The lowest BCUT2D eigenvalue weighted by Crippen LogP contribution is -2.61. The Morgan fingerprint density at radius 1 is 0.408 bits per heavy atom. The van der Waals surface area contributed by atoms with Crippen LogP contribution in [0, 0.1) is 23.2 Å². The largest absolute Gasteiger partial charge is 0.508 e. The Bertz CT molecular complexity index is 5270. The number of likely N-dealkylation sites (tertiary alicyclic amines) is 2. The average molecular weight is 2070 g/mol. The smallest absolute Gasteiger partial charge is 0.325 e. The summed E-state index contributed by atoms with van der Waals surface area (Å²) in [7, 11) is 0. The molecule has 19 amide bonds. The molecule has 0 radical (unpaired) electrons. The number of guanidine groups is 1. The molecule has 3 heterocycles. The number of benzene rings is 3. The fourth-order valence-electron chi connectivity index (χ4n) is 15.6. The van der Waals surface area contributed by atoms with Gasteiger partial charge in [-0.2, -0.15) is 0 Å². The summed E-state index contributed by atoms with van der Waals surface area (Å²) in [4.78, 5) is 299. The van der Waals surface area contributed by atoms with Crippen molar-refractivity contribution in [2.24, 2.45) is 29.2 Å². The number of hydrogen-bond donors (Lipinski definition) is 29. The van der Waals surface area contributed by atoms with Gasteiger partial charge in [-0.1, -0.05) is 77.9 Å². The summed E-state index contributed by atoms with van der Waals surface area (Å²) < 4.78 is 0. The van der Waals surface area contributed by atoms with Crippen LogP contribution in [0.5, 0.6) is 17.2 Å². The van der Waals surface area contributed by atoms with Gasteiger partial charge >= 0.3 is 11.9 Å². The third kappa shape index (κ3) is 39.4. The topological polar surface area (TPSA) is 828 Å². The molecule has 0 saturated carbocycles. The number of carbonyl (C=O) groups excluding carboxylic acids is 19. The van der Waals surface area contributed by atoms with Gasteiger partial charge in [-0.25, -0.2) is 4.98 Å². The van der Waals surface area contributed by atoms with E-state index in [9.17, 15) is 127 Å². The van der Waals surface area contributed by atoms with E-state index in [2.05, 4.69) is 106 Å². The number of aromatic nitrogens is 2. The summed E-state index contributed by atoms with van der Waals surface area (Å²) in [5, 5.41) is 122. The highest BCUT2D eigenvalue weighted by Gasteiger charge is 2.44. The van der Waals surface area contributed by atoms with Crippen molar-refractivity contribution in [2.75, 3.05) is 52.5 Å². The molecule has 147 heavy (non-hydrogen) atoms. The molecule has 0 unspecified atom stereocenters. The third-order valence-electron chi connectivity index (χ3n) is 23.7. The average Bonchev–Trinajstić information content (AvgIpc) is 1.70. The number of nitrogens with one attached hydrogen (secondary N) is 20. The molecular weight excluding hydrogens is 1930 g/mol. The molecule has 2 saturated heterocycles. The Balaban J connectivity index is 1.16. The number of carbonyl (C=O) groups is 21. The number of aromatic hydroxyl groups is 3. The number of carboxylic acid groups (broad SMARTS) is 2. The van der Waals surface area contributed by atoms with Crippen LogP contribution >= 0.6 is 0 Å². The van der Waals surface area contributed by atoms with Crippen LogP contribution < -0.4 is 107 Å².